The van der Waals surface area contributed by atoms with Crippen molar-refractivity contribution in [2.75, 3.05) is 20.6 Å². The van der Waals surface area contributed by atoms with Gasteiger partial charge in [0.05, 0.1) is 23.8 Å². The summed E-state index contributed by atoms with van der Waals surface area (Å²) in [5.41, 5.74) is 2.92. The minimum absolute atomic E-state index is 0.0367. The number of rotatable bonds is 8. The van der Waals surface area contributed by atoms with Gasteiger partial charge in [0.15, 0.2) is 0 Å². The third kappa shape index (κ3) is 4.95. The standard InChI is InChI=1S/C22H27FN4O/c1-16-19-6-4-5-7-21(19)27(25-16)15-13-22(28)24-20(12-14-26(2)3)17-8-10-18(23)11-9-17/h4-11,20H,12-15H2,1-3H3,(H,24,28). The van der Waals surface area contributed by atoms with E-state index in [0.717, 1.165) is 35.1 Å². The first-order valence-electron chi connectivity index (χ1n) is 9.56. The number of nitrogens with zero attached hydrogens (tertiary/aromatic N) is 3. The lowest BCUT2D eigenvalue weighted by Crippen LogP contribution is -2.31. The number of benzene rings is 2. The van der Waals surface area contributed by atoms with E-state index in [2.05, 4.69) is 15.3 Å². The first kappa shape index (κ1) is 20.0. The van der Waals surface area contributed by atoms with E-state index in [-0.39, 0.29) is 17.8 Å². The van der Waals surface area contributed by atoms with Crippen molar-refractivity contribution in [3.8, 4) is 0 Å². The van der Waals surface area contributed by atoms with E-state index >= 15 is 0 Å². The maximum absolute atomic E-state index is 13.3. The smallest absolute Gasteiger partial charge is 0.222 e. The zero-order valence-corrected chi connectivity index (χ0v) is 16.7. The Morgan fingerprint density at radius 1 is 1.18 bits per heavy atom. The number of aromatic nitrogens is 2. The van der Waals surface area contributed by atoms with E-state index in [4.69, 9.17) is 0 Å². The van der Waals surface area contributed by atoms with Crippen molar-refractivity contribution in [2.24, 2.45) is 0 Å². The van der Waals surface area contributed by atoms with Crippen LogP contribution in [0.2, 0.25) is 0 Å². The van der Waals surface area contributed by atoms with Crippen molar-refractivity contribution in [2.45, 2.75) is 32.4 Å². The van der Waals surface area contributed by atoms with E-state index in [9.17, 15) is 9.18 Å². The maximum Gasteiger partial charge on any atom is 0.222 e. The number of para-hydroxylation sites is 1. The Bertz CT molecular complexity index is 933. The molecular formula is C22H27FN4O. The van der Waals surface area contributed by atoms with Crippen LogP contribution in [0, 0.1) is 12.7 Å². The Hall–Kier alpha value is -2.73. The number of aryl methyl sites for hydroxylation is 2. The largest absolute Gasteiger partial charge is 0.349 e. The second-order valence-corrected chi connectivity index (χ2v) is 7.34. The highest BCUT2D eigenvalue weighted by Crippen LogP contribution is 2.19. The summed E-state index contributed by atoms with van der Waals surface area (Å²) < 4.78 is 15.1. The molecule has 0 radical (unpaired) electrons. The lowest BCUT2D eigenvalue weighted by molar-refractivity contribution is -0.122. The number of hydrogen-bond donors (Lipinski definition) is 1. The predicted octanol–water partition coefficient (Wildman–Crippen LogP) is 3.68. The van der Waals surface area contributed by atoms with Crippen molar-refractivity contribution in [3.05, 3.63) is 65.6 Å². The molecule has 0 spiro atoms. The fourth-order valence-corrected chi connectivity index (χ4v) is 3.34. The van der Waals surface area contributed by atoms with Gasteiger partial charge in [-0.2, -0.15) is 5.10 Å². The fourth-order valence-electron chi connectivity index (χ4n) is 3.34. The second kappa shape index (κ2) is 8.97. The highest BCUT2D eigenvalue weighted by molar-refractivity contribution is 5.82. The summed E-state index contributed by atoms with van der Waals surface area (Å²) in [7, 11) is 3.99. The Labute approximate surface area is 165 Å². The number of amides is 1. The number of carbonyl (C=O) groups is 1. The third-order valence-electron chi connectivity index (χ3n) is 4.87. The minimum Gasteiger partial charge on any atom is -0.349 e. The first-order valence-corrected chi connectivity index (χ1v) is 9.56. The number of halogens is 1. The molecule has 3 rings (SSSR count). The lowest BCUT2D eigenvalue weighted by Gasteiger charge is -2.21. The van der Waals surface area contributed by atoms with Crippen LogP contribution in [0.25, 0.3) is 10.9 Å². The zero-order chi connectivity index (χ0) is 20.1. The quantitative estimate of drug-likeness (QED) is 0.647. The van der Waals surface area contributed by atoms with Gasteiger partial charge in [0.1, 0.15) is 5.82 Å². The molecule has 1 unspecified atom stereocenters. The van der Waals surface area contributed by atoms with Crippen LogP contribution >= 0.6 is 0 Å². The van der Waals surface area contributed by atoms with Crippen molar-refractivity contribution in [3.63, 3.8) is 0 Å². The molecule has 3 aromatic rings. The predicted molar refractivity (Wildman–Crippen MR) is 110 cm³/mol. The molecule has 0 aliphatic carbocycles. The summed E-state index contributed by atoms with van der Waals surface area (Å²) in [6, 6.07) is 14.2. The van der Waals surface area contributed by atoms with E-state index in [1.165, 1.54) is 12.1 Å². The van der Waals surface area contributed by atoms with Crippen LogP contribution in [0.5, 0.6) is 0 Å². The Balaban J connectivity index is 1.66. The molecule has 0 aliphatic rings. The minimum atomic E-state index is -0.276. The molecule has 0 saturated carbocycles. The SMILES string of the molecule is Cc1nn(CCC(=O)NC(CCN(C)C)c2ccc(F)cc2)c2ccccc12. The van der Waals surface area contributed by atoms with E-state index in [1.54, 1.807) is 12.1 Å². The number of hydrogen-bond acceptors (Lipinski definition) is 3. The van der Waals surface area contributed by atoms with E-state index in [1.807, 2.05) is 50.0 Å². The van der Waals surface area contributed by atoms with Gasteiger partial charge >= 0.3 is 0 Å². The molecule has 1 atom stereocenters. The molecule has 1 aromatic heterocycles. The molecule has 6 heteroatoms. The van der Waals surface area contributed by atoms with Crippen LogP contribution in [0.3, 0.4) is 0 Å². The van der Waals surface area contributed by atoms with Crippen molar-refractivity contribution < 1.29 is 9.18 Å². The molecule has 0 fully saturated rings. The summed E-state index contributed by atoms with van der Waals surface area (Å²) in [6.45, 7) is 3.32. The molecular weight excluding hydrogens is 355 g/mol. The summed E-state index contributed by atoms with van der Waals surface area (Å²) in [5, 5.41) is 8.77. The molecule has 5 nitrogen and oxygen atoms in total. The third-order valence-corrected chi connectivity index (χ3v) is 4.87. The van der Waals surface area contributed by atoms with Gasteiger partial charge in [-0.1, -0.05) is 30.3 Å². The molecule has 28 heavy (non-hydrogen) atoms. The van der Waals surface area contributed by atoms with Crippen molar-refractivity contribution in [1.82, 2.24) is 20.0 Å². The second-order valence-electron chi connectivity index (χ2n) is 7.34. The van der Waals surface area contributed by atoms with Gasteiger partial charge in [-0.3, -0.25) is 9.48 Å². The van der Waals surface area contributed by atoms with E-state index < -0.39 is 0 Å². The van der Waals surface area contributed by atoms with Crippen LogP contribution in [-0.4, -0.2) is 41.2 Å². The summed E-state index contributed by atoms with van der Waals surface area (Å²) in [6.07, 6.45) is 1.10. The van der Waals surface area contributed by atoms with Crippen molar-refractivity contribution in [1.29, 1.82) is 0 Å². The molecule has 1 heterocycles. The van der Waals surface area contributed by atoms with Crippen molar-refractivity contribution >= 4 is 16.8 Å². The summed E-state index contributed by atoms with van der Waals surface area (Å²) in [5.74, 6) is -0.312. The first-order chi connectivity index (χ1) is 13.4. The number of fused-ring (bicyclic) bond motifs is 1. The van der Waals surface area contributed by atoms with Gasteiger partial charge in [-0.25, -0.2) is 4.39 Å². The van der Waals surface area contributed by atoms with Crippen LogP contribution in [-0.2, 0) is 11.3 Å². The molecule has 0 saturated heterocycles. The van der Waals surface area contributed by atoms with E-state index in [0.29, 0.717) is 13.0 Å². The highest BCUT2D eigenvalue weighted by Gasteiger charge is 2.16. The molecule has 0 aliphatic heterocycles. The molecule has 1 amide bonds. The topological polar surface area (TPSA) is 50.2 Å². The van der Waals surface area contributed by atoms with Gasteiger partial charge < -0.3 is 10.2 Å². The molecule has 1 N–H and O–H groups in total. The van der Waals surface area contributed by atoms with Crippen LogP contribution in [0.1, 0.15) is 30.1 Å². The molecule has 2 aromatic carbocycles. The fraction of sp³-hybridized carbons (Fsp3) is 0.364. The molecule has 148 valence electrons. The average Bonchev–Trinajstić information content (AvgIpc) is 3.00. The molecule has 0 bridgehead atoms. The van der Waals surface area contributed by atoms with Crippen LogP contribution < -0.4 is 5.32 Å². The van der Waals surface area contributed by atoms with Crippen LogP contribution in [0.4, 0.5) is 4.39 Å². The monoisotopic (exact) mass is 382 g/mol. The van der Waals surface area contributed by atoms with Gasteiger partial charge in [-0.15, -0.1) is 0 Å². The van der Waals surface area contributed by atoms with Gasteiger partial charge in [0.2, 0.25) is 5.91 Å². The zero-order valence-electron chi connectivity index (χ0n) is 16.7. The van der Waals surface area contributed by atoms with Crippen LogP contribution in [0.15, 0.2) is 48.5 Å². The van der Waals surface area contributed by atoms with Gasteiger partial charge in [0.25, 0.3) is 0 Å². The summed E-state index contributed by atoms with van der Waals surface area (Å²) in [4.78, 5) is 14.7. The normalized spacial score (nSPS) is 12.5. The Morgan fingerprint density at radius 2 is 1.89 bits per heavy atom. The maximum atomic E-state index is 13.3. The average molecular weight is 382 g/mol. The van der Waals surface area contributed by atoms with Gasteiger partial charge in [0, 0.05) is 11.8 Å². The number of nitrogens with one attached hydrogen (secondary N) is 1. The lowest BCUT2D eigenvalue weighted by atomic mass is 10.0. The highest BCUT2D eigenvalue weighted by atomic mass is 19.1. The Morgan fingerprint density at radius 3 is 2.61 bits per heavy atom. The Kier molecular flexibility index (Phi) is 6.41. The number of carbonyl (C=O) groups excluding carboxylic acids is 1. The van der Waals surface area contributed by atoms with Gasteiger partial charge in [-0.05, 0) is 57.7 Å². The summed E-state index contributed by atoms with van der Waals surface area (Å²) >= 11 is 0.